The summed E-state index contributed by atoms with van der Waals surface area (Å²) in [5.74, 6) is 1.00. The molecule has 1 amide bonds. The zero-order chi connectivity index (χ0) is 18.7. The minimum absolute atomic E-state index is 0.203. The van der Waals surface area contributed by atoms with Crippen LogP contribution in [0.25, 0.3) is 11.0 Å². The highest BCUT2D eigenvalue weighted by Crippen LogP contribution is 2.34. The number of hydrogen-bond acceptors (Lipinski definition) is 6. The summed E-state index contributed by atoms with van der Waals surface area (Å²) in [4.78, 5) is 16.1. The number of hydrogen-bond donors (Lipinski definition) is 2. The average Bonchev–Trinajstić information content (AvgIpc) is 3.08. The van der Waals surface area contributed by atoms with Gasteiger partial charge in [-0.2, -0.15) is 0 Å². The lowest BCUT2D eigenvalue weighted by Crippen LogP contribution is -2.34. The van der Waals surface area contributed by atoms with Crippen molar-refractivity contribution in [1.29, 1.82) is 0 Å². The first-order chi connectivity index (χ1) is 12.5. The largest absolute Gasteiger partial charge is 0.438 e. The quantitative estimate of drug-likeness (QED) is 0.697. The molecule has 3 aromatic rings. The zero-order valence-electron chi connectivity index (χ0n) is 15.0. The van der Waals surface area contributed by atoms with Crippen LogP contribution in [0.2, 0.25) is 0 Å². The van der Waals surface area contributed by atoms with Crippen LogP contribution >= 0.6 is 0 Å². The molecule has 136 valence electrons. The van der Waals surface area contributed by atoms with Crippen LogP contribution < -0.4 is 15.8 Å². The minimum atomic E-state index is -0.536. The highest BCUT2D eigenvalue weighted by Gasteiger charge is 2.17. The maximum absolute atomic E-state index is 11.8. The van der Waals surface area contributed by atoms with Gasteiger partial charge in [-0.15, -0.1) is 0 Å². The summed E-state index contributed by atoms with van der Waals surface area (Å²) in [6.07, 6.45) is 2.11. The molecule has 0 saturated heterocycles. The number of pyridine rings is 1. The molecule has 0 saturated carbocycles. The lowest BCUT2D eigenvalue weighted by molar-refractivity contribution is -0.117. The fraction of sp³-hybridized carbons (Fsp3) is 0.316. The number of fused-ring (bicyclic) bond motifs is 1. The van der Waals surface area contributed by atoms with Gasteiger partial charge in [-0.1, -0.05) is 32.0 Å². The second-order valence-corrected chi connectivity index (χ2v) is 6.34. The number of benzene rings is 1. The minimum Gasteiger partial charge on any atom is -0.438 e. The van der Waals surface area contributed by atoms with Crippen molar-refractivity contribution in [2.24, 2.45) is 5.73 Å². The van der Waals surface area contributed by atoms with Gasteiger partial charge in [-0.05, 0) is 30.5 Å². The van der Waals surface area contributed by atoms with Crippen LogP contribution in [0.3, 0.4) is 0 Å². The standard InChI is InChI=1S/C19H22N4O3/c1-4-13(20)19(24)22-12-8-9-16(21-10-12)25-14-6-5-7-15-17(14)18(11(2)3)23-26-15/h5-11,13H,4,20H2,1-3H3,(H,22,24). The number of aromatic nitrogens is 2. The van der Waals surface area contributed by atoms with E-state index in [0.29, 0.717) is 29.3 Å². The maximum atomic E-state index is 11.8. The summed E-state index contributed by atoms with van der Waals surface area (Å²) in [6, 6.07) is 8.42. The van der Waals surface area contributed by atoms with Crippen molar-refractivity contribution in [3.05, 3.63) is 42.2 Å². The Morgan fingerprint density at radius 1 is 1.31 bits per heavy atom. The molecule has 0 aliphatic rings. The van der Waals surface area contributed by atoms with Crippen molar-refractivity contribution in [2.75, 3.05) is 5.32 Å². The van der Waals surface area contributed by atoms with Gasteiger partial charge in [-0.25, -0.2) is 4.98 Å². The molecule has 7 heteroatoms. The predicted octanol–water partition coefficient (Wildman–Crippen LogP) is 3.81. The number of ether oxygens (including phenoxy) is 1. The van der Waals surface area contributed by atoms with E-state index >= 15 is 0 Å². The average molecular weight is 354 g/mol. The third kappa shape index (κ3) is 3.67. The number of nitrogens with one attached hydrogen (secondary N) is 1. The molecular weight excluding hydrogens is 332 g/mol. The summed E-state index contributed by atoms with van der Waals surface area (Å²) in [7, 11) is 0. The van der Waals surface area contributed by atoms with Gasteiger partial charge < -0.3 is 20.3 Å². The molecule has 26 heavy (non-hydrogen) atoms. The Labute approximate surface area is 151 Å². The van der Waals surface area contributed by atoms with Gasteiger partial charge in [0.1, 0.15) is 5.75 Å². The highest BCUT2D eigenvalue weighted by molar-refractivity contribution is 5.94. The summed E-state index contributed by atoms with van der Waals surface area (Å²) in [6.45, 7) is 5.95. The topological polar surface area (TPSA) is 103 Å². The number of amides is 1. The molecule has 0 aliphatic carbocycles. The third-order valence-electron chi connectivity index (χ3n) is 4.03. The molecule has 0 spiro atoms. The van der Waals surface area contributed by atoms with E-state index in [2.05, 4.69) is 15.5 Å². The van der Waals surface area contributed by atoms with Gasteiger partial charge in [-0.3, -0.25) is 4.79 Å². The van der Waals surface area contributed by atoms with E-state index in [4.69, 9.17) is 15.0 Å². The van der Waals surface area contributed by atoms with Crippen molar-refractivity contribution < 1.29 is 14.1 Å². The molecule has 0 aliphatic heterocycles. The van der Waals surface area contributed by atoms with Crippen molar-refractivity contribution in [3.8, 4) is 11.6 Å². The summed E-state index contributed by atoms with van der Waals surface area (Å²) in [5, 5.41) is 7.70. The molecule has 1 unspecified atom stereocenters. The van der Waals surface area contributed by atoms with Crippen molar-refractivity contribution in [3.63, 3.8) is 0 Å². The molecule has 2 heterocycles. The van der Waals surface area contributed by atoms with E-state index in [1.54, 1.807) is 12.1 Å². The predicted molar refractivity (Wildman–Crippen MR) is 99.3 cm³/mol. The van der Waals surface area contributed by atoms with Gasteiger partial charge in [0.05, 0.1) is 29.0 Å². The number of carbonyl (C=O) groups is 1. The molecule has 0 radical (unpaired) electrons. The van der Waals surface area contributed by atoms with E-state index in [9.17, 15) is 4.79 Å². The van der Waals surface area contributed by atoms with E-state index in [0.717, 1.165) is 11.1 Å². The molecular formula is C19H22N4O3. The normalized spacial score (nSPS) is 12.3. The molecule has 3 N–H and O–H groups in total. The first kappa shape index (κ1) is 17.9. The van der Waals surface area contributed by atoms with E-state index in [1.165, 1.54) is 6.20 Å². The molecule has 1 atom stereocenters. The van der Waals surface area contributed by atoms with Crippen molar-refractivity contribution in [2.45, 2.75) is 39.2 Å². The van der Waals surface area contributed by atoms with Gasteiger partial charge in [0.15, 0.2) is 5.58 Å². The summed E-state index contributed by atoms with van der Waals surface area (Å²) >= 11 is 0. The van der Waals surface area contributed by atoms with Crippen LogP contribution in [0.15, 0.2) is 41.1 Å². The molecule has 3 rings (SSSR count). The second-order valence-electron chi connectivity index (χ2n) is 6.34. The molecule has 7 nitrogen and oxygen atoms in total. The first-order valence-electron chi connectivity index (χ1n) is 8.58. The highest BCUT2D eigenvalue weighted by atomic mass is 16.5. The van der Waals surface area contributed by atoms with Crippen LogP contribution in [-0.4, -0.2) is 22.1 Å². The first-order valence-corrected chi connectivity index (χ1v) is 8.58. The third-order valence-corrected chi connectivity index (χ3v) is 4.03. The van der Waals surface area contributed by atoms with Crippen molar-refractivity contribution >= 4 is 22.6 Å². The number of nitrogens with two attached hydrogens (primary N) is 1. The van der Waals surface area contributed by atoms with Gasteiger partial charge >= 0.3 is 0 Å². The van der Waals surface area contributed by atoms with Crippen molar-refractivity contribution in [1.82, 2.24) is 10.1 Å². The van der Waals surface area contributed by atoms with Gasteiger partial charge in [0, 0.05) is 6.07 Å². The van der Waals surface area contributed by atoms with Gasteiger partial charge in [0.25, 0.3) is 0 Å². The lowest BCUT2D eigenvalue weighted by Gasteiger charge is -2.11. The molecule has 0 fully saturated rings. The number of nitrogens with zero attached hydrogens (tertiary/aromatic N) is 2. The van der Waals surface area contributed by atoms with Gasteiger partial charge in [0.2, 0.25) is 11.8 Å². The van der Waals surface area contributed by atoms with Crippen LogP contribution in [0.5, 0.6) is 11.6 Å². The Kier molecular flexibility index (Phi) is 5.18. The van der Waals surface area contributed by atoms with Crippen LogP contribution in [-0.2, 0) is 4.79 Å². The molecule has 0 bridgehead atoms. The fourth-order valence-corrected chi connectivity index (χ4v) is 2.51. The number of carbonyl (C=O) groups excluding carboxylic acids is 1. The Hall–Kier alpha value is -2.93. The summed E-state index contributed by atoms with van der Waals surface area (Å²) < 4.78 is 11.3. The smallest absolute Gasteiger partial charge is 0.241 e. The Morgan fingerprint density at radius 2 is 2.12 bits per heavy atom. The maximum Gasteiger partial charge on any atom is 0.241 e. The van der Waals surface area contributed by atoms with E-state index < -0.39 is 6.04 Å². The monoisotopic (exact) mass is 354 g/mol. The molecule has 2 aromatic heterocycles. The van der Waals surface area contributed by atoms with E-state index in [-0.39, 0.29) is 11.8 Å². The Balaban J connectivity index is 1.81. The summed E-state index contributed by atoms with van der Waals surface area (Å²) in [5.41, 5.74) is 7.78. The second kappa shape index (κ2) is 7.53. The fourth-order valence-electron chi connectivity index (χ4n) is 2.51. The Morgan fingerprint density at radius 3 is 2.77 bits per heavy atom. The zero-order valence-corrected chi connectivity index (χ0v) is 15.0. The Bertz CT molecular complexity index is 903. The number of rotatable bonds is 6. The van der Waals surface area contributed by atoms with E-state index in [1.807, 2.05) is 39.0 Å². The van der Waals surface area contributed by atoms with Crippen LogP contribution in [0, 0.1) is 0 Å². The lowest BCUT2D eigenvalue weighted by atomic mass is 10.1. The SMILES string of the molecule is CCC(N)C(=O)Nc1ccc(Oc2cccc3onc(C(C)C)c23)nc1. The number of anilines is 1. The molecule has 1 aromatic carbocycles. The van der Waals surface area contributed by atoms with Crippen LogP contribution in [0.4, 0.5) is 5.69 Å². The van der Waals surface area contributed by atoms with Crippen LogP contribution in [0.1, 0.15) is 38.8 Å².